The molecule has 50 valence electrons. The maximum atomic E-state index is 5.60. The van der Waals surface area contributed by atoms with Crippen LogP contribution >= 0.6 is 0 Å². The molecular weight excluding hydrogens is 116 g/mol. The maximum absolute atomic E-state index is 5.60. The average Bonchev–Trinajstić information content (AvgIpc) is 2.37. The van der Waals surface area contributed by atoms with Gasteiger partial charge >= 0.3 is 0 Å². The molecule has 0 unspecified atom stereocenters. The van der Waals surface area contributed by atoms with E-state index in [1.165, 1.54) is 6.33 Å². The molecule has 0 radical (unpaired) electrons. The molecule has 1 atom stereocenters. The third-order valence-corrected chi connectivity index (χ3v) is 1.22. The predicted octanol–water partition coefficient (Wildman–Crippen LogP) is 0.215. The second kappa shape index (κ2) is 2.59. The highest BCUT2D eigenvalue weighted by Crippen LogP contribution is 2.04. The van der Waals surface area contributed by atoms with Crippen molar-refractivity contribution in [2.75, 3.05) is 0 Å². The van der Waals surface area contributed by atoms with Crippen molar-refractivity contribution in [2.24, 2.45) is 5.73 Å². The van der Waals surface area contributed by atoms with Gasteiger partial charge in [-0.1, -0.05) is 6.92 Å². The molecule has 1 aromatic rings. The first-order valence-corrected chi connectivity index (χ1v) is 2.95. The van der Waals surface area contributed by atoms with Gasteiger partial charge in [-0.15, -0.1) is 0 Å². The van der Waals surface area contributed by atoms with E-state index >= 15 is 0 Å². The molecule has 0 aliphatic rings. The lowest BCUT2D eigenvalue weighted by Crippen LogP contribution is -2.10. The summed E-state index contributed by atoms with van der Waals surface area (Å²) in [7, 11) is 0. The Hall–Kier alpha value is -0.900. The minimum Gasteiger partial charge on any atom is -0.321 e. The molecule has 1 aromatic heterocycles. The molecule has 0 saturated carbocycles. The van der Waals surface area contributed by atoms with Crippen molar-refractivity contribution in [3.05, 3.63) is 12.2 Å². The molecule has 0 spiro atoms. The number of hydrogen-bond acceptors (Lipinski definition) is 3. The number of nitrogens with one attached hydrogen (secondary N) is 1. The Morgan fingerprint density at radius 3 is 3.11 bits per heavy atom. The van der Waals surface area contributed by atoms with Crippen LogP contribution in [-0.4, -0.2) is 15.2 Å². The number of aromatic amines is 1. The Balaban J connectivity index is 2.65. The SMILES string of the molecule is CC[C@H](N)c1ncn[nH]1. The number of H-pyrrole nitrogens is 1. The Morgan fingerprint density at radius 2 is 2.67 bits per heavy atom. The topological polar surface area (TPSA) is 67.6 Å². The van der Waals surface area contributed by atoms with Gasteiger partial charge in [-0.05, 0) is 6.42 Å². The molecule has 0 saturated heterocycles. The van der Waals surface area contributed by atoms with Crippen LogP contribution in [0.3, 0.4) is 0 Å². The van der Waals surface area contributed by atoms with Crippen LogP contribution in [0, 0.1) is 0 Å². The zero-order valence-corrected chi connectivity index (χ0v) is 5.33. The Bertz CT molecular complexity index is 157. The molecular formula is C5H10N4. The van der Waals surface area contributed by atoms with Crippen molar-refractivity contribution >= 4 is 0 Å². The maximum Gasteiger partial charge on any atom is 0.141 e. The van der Waals surface area contributed by atoms with Crippen molar-refractivity contribution in [2.45, 2.75) is 19.4 Å². The van der Waals surface area contributed by atoms with Crippen LogP contribution in [0.1, 0.15) is 25.2 Å². The van der Waals surface area contributed by atoms with Gasteiger partial charge in [0.05, 0.1) is 6.04 Å². The summed E-state index contributed by atoms with van der Waals surface area (Å²) < 4.78 is 0. The molecule has 0 bridgehead atoms. The molecule has 4 heteroatoms. The monoisotopic (exact) mass is 126 g/mol. The van der Waals surface area contributed by atoms with E-state index in [1.807, 2.05) is 6.92 Å². The second-order valence-corrected chi connectivity index (χ2v) is 1.89. The lowest BCUT2D eigenvalue weighted by Gasteiger charge is -2.00. The van der Waals surface area contributed by atoms with Crippen LogP contribution in [0.4, 0.5) is 0 Å². The molecule has 0 fully saturated rings. The predicted molar refractivity (Wildman–Crippen MR) is 33.6 cm³/mol. The van der Waals surface area contributed by atoms with Gasteiger partial charge in [0.25, 0.3) is 0 Å². The lowest BCUT2D eigenvalue weighted by molar-refractivity contribution is 0.652. The van der Waals surface area contributed by atoms with Gasteiger partial charge in [-0.2, -0.15) is 5.10 Å². The van der Waals surface area contributed by atoms with E-state index < -0.39 is 0 Å². The average molecular weight is 126 g/mol. The zero-order chi connectivity index (χ0) is 6.69. The van der Waals surface area contributed by atoms with Gasteiger partial charge in [-0.3, -0.25) is 5.10 Å². The second-order valence-electron chi connectivity index (χ2n) is 1.89. The van der Waals surface area contributed by atoms with Crippen molar-refractivity contribution < 1.29 is 0 Å². The van der Waals surface area contributed by atoms with Crippen molar-refractivity contribution in [1.29, 1.82) is 0 Å². The van der Waals surface area contributed by atoms with Gasteiger partial charge in [-0.25, -0.2) is 4.98 Å². The fraction of sp³-hybridized carbons (Fsp3) is 0.600. The minimum absolute atomic E-state index is 0.00694. The molecule has 0 aliphatic carbocycles. The summed E-state index contributed by atoms with van der Waals surface area (Å²) in [5, 5.41) is 6.38. The molecule has 1 rings (SSSR count). The lowest BCUT2D eigenvalue weighted by atomic mass is 10.2. The van der Waals surface area contributed by atoms with E-state index in [1.54, 1.807) is 0 Å². The van der Waals surface area contributed by atoms with E-state index in [-0.39, 0.29) is 6.04 Å². The van der Waals surface area contributed by atoms with E-state index in [2.05, 4.69) is 15.2 Å². The van der Waals surface area contributed by atoms with Crippen LogP contribution in [-0.2, 0) is 0 Å². The molecule has 9 heavy (non-hydrogen) atoms. The van der Waals surface area contributed by atoms with E-state index in [0.717, 1.165) is 12.2 Å². The number of nitrogens with zero attached hydrogens (tertiary/aromatic N) is 2. The molecule has 0 amide bonds. The van der Waals surface area contributed by atoms with Gasteiger partial charge < -0.3 is 5.73 Å². The van der Waals surface area contributed by atoms with E-state index in [0.29, 0.717) is 0 Å². The summed E-state index contributed by atoms with van der Waals surface area (Å²) in [6.07, 6.45) is 2.35. The smallest absolute Gasteiger partial charge is 0.141 e. The first-order valence-electron chi connectivity index (χ1n) is 2.95. The van der Waals surface area contributed by atoms with Gasteiger partial charge in [0.15, 0.2) is 0 Å². The Kier molecular flexibility index (Phi) is 1.79. The third kappa shape index (κ3) is 1.26. The van der Waals surface area contributed by atoms with Crippen LogP contribution < -0.4 is 5.73 Å². The highest BCUT2D eigenvalue weighted by molar-refractivity contribution is 4.87. The number of nitrogens with two attached hydrogens (primary N) is 1. The fourth-order valence-electron chi connectivity index (χ4n) is 0.587. The fourth-order valence-corrected chi connectivity index (χ4v) is 0.587. The standard InChI is InChI=1S/C5H10N4/c1-2-4(6)5-7-3-8-9-5/h3-4H,2,6H2,1H3,(H,7,8,9)/t4-/m0/s1. The first kappa shape index (κ1) is 6.22. The molecule has 0 aromatic carbocycles. The molecule has 1 heterocycles. The van der Waals surface area contributed by atoms with Gasteiger partial charge in [0, 0.05) is 0 Å². The highest BCUT2D eigenvalue weighted by atomic mass is 15.2. The molecule has 0 aliphatic heterocycles. The summed E-state index contributed by atoms with van der Waals surface area (Å²) >= 11 is 0. The van der Waals surface area contributed by atoms with Crippen LogP contribution in [0.15, 0.2) is 6.33 Å². The molecule has 4 nitrogen and oxygen atoms in total. The Morgan fingerprint density at radius 1 is 1.89 bits per heavy atom. The van der Waals surface area contributed by atoms with Crippen LogP contribution in [0.2, 0.25) is 0 Å². The number of aromatic nitrogens is 3. The first-order chi connectivity index (χ1) is 4.34. The zero-order valence-electron chi connectivity index (χ0n) is 5.33. The summed E-state index contributed by atoms with van der Waals surface area (Å²) in [5.41, 5.74) is 5.60. The third-order valence-electron chi connectivity index (χ3n) is 1.22. The summed E-state index contributed by atoms with van der Waals surface area (Å²) in [6.45, 7) is 2.01. The van der Waals surface area contributed by atoms with Crippen LogP contribution in [0.5, 0.6) is 0 Å². The van der Waals surface area contributed by atoms with Gasteiger partial charge in [0.1, 0.15) is 12.2 Å². The summed E-state index contributed by atoms with van der Waals surface area (Å²) in [6, 6.07) is 0.00694. The highest BCUT2D eigenvalue weighted by Gasteiger charge is 2.03. The van der Waals surface area contributed by atoms with Crippen molar-refractivity contribution in [3.8, 4) is 0 Å². The summed E-state index contributed by atoms with van der Waals surface area (Å²) in [5.74, 6) is 0.762. The number of hydrogen-bond donors (Lipinski definition) is 2. The summed E-state index contributed by atoms with van der Waals surface area (Å²) in [4.78, 5) is 3.90. The Labute approximate surface area is 53.5 Å². The van der Waals surface area contributed by atoms with Gasteiger partial charge in [0.2, 0.25) is 0 Å². The quantitative estimate of drug-likeness (QED) is 0.595. The van der Waals surface area contributed by atoms with E-state index in [4.69, 9.17) is 5.73 Å². The van der Waals surface area contributed by atoms with Crippen LogP contribution in [0.25, 0.3) is 0 Å². The normalized spacial score (nSPS) is 13.6. The van der Waals surface area contributed by atoms with Crippen molar-refractivity contribution in [1.82, 2.24) is 15.2 Å². The minimum atomic E-state index is 0.00694. The largest absolute Gasteiger partial charge is 0.321 e. The van der Waals surface area contributed by atoms with Crippen molar-refractivity contribution in [3.63, 3.8) is 0 Å². The number of rotatable bonds is 2. The van der Waals surface area contributed by atoms with E-state index in [9.17, 15) is 0 Å². The molecule has 3 N–H and O–H groups in total.